The van der Waals surface area contributed by atoms with Gasteiger partial charge in [-0.15, -0.1) is 6.58 Å². The molecule has 1 amide bonds. The predicted molar refractivity (Wildman–Crippen MR) is 136 cm³/mol. The first-order valence-electron chi connectivity index (χ1n) is 12.3. The van der Waals surface area contributed by atoms with Crippen molar-refractivity contribution >= 4 is 16.9 Å². The monoisotopic (exact) mass is 447 g/mol. The van der Waals surface area contributed by atoms with Gasteiger partial charge in [0, 0.05) is 25.9 Å². The maximum absolute atomic E-state index is 11.6. The number of allylic oxidation sites excluding steroid dienone is 1. The van der Waals surface area contributed by atoms with Gasteiger partial charge < -0.3 is 14.6 Å². The number of para-hydroxylation sites is 3. The smallest absolute Gasteiger partial charge is 0.219 e. The highest BCUT2D eigenvalue weighted by Crippen LogP contribution is 2.21. The molecule has 0 aliphatic rings. The first-order chi connectivity index (χ1) is 16.2. The van der Waals surface area contributed by atoms with Crippen LogP contribution in [0.2, 0.25) is 0 Å². The molecule has 1 heterocycles. The van der Waals surface area contributed by atoms with Crippen LogP contribution in [0.25, 0.3) is 11.0 Å². The Kier molecular flexibility index (Phi) is 10.0. The number of nitrogens with zero attached hydrogens (tertiary/aromatic N) is 2. The van der Waals surface area contributed by atoms with Gasteiger partial charge in [0.2, 0.25) is 5.91 Å². The second-order valence-electron chi connectivity index (χ2n) is 8.38. The third kappa shape index (κ3) is 7.48. The molecular weight excluding hydrogens is 410 g/mol. The Balaban J connectivity index is 1.51. The number of imidazole rings is 1. The van der Waals surface area contributed by atoms with E-state index in [-0.39, 0.29) is 5.91 Å². The van der Waals surface area contributed by atoms with Crippen LogP contribution in [0, 0.1) is 0 Å². The fraction of sp³-hybridized carbons (Fsp3) is 0.429. The molecule has 2 aromatic carbocycles. The zero-order chi connectivity index (χ0) is 23.3. The summed E-state index contributed by atoms with van der Waals surface area (Å²) in [6.07, 6.45) is 9.26. The third-order valence-electron chi connectivity index (χ3n) is 5.73. The van der Waals surface area contributed by atoms with Crippen LogP contribution < -0.4 is 10.1 Å². The van der Waals surface area contributed by atoms with E-state index in [4.69, 9.17) is 9.72 Å². The van der Waals surface area contributed by atoms with Gasteiger partial charge in [-0.25, -0.2) is 4.98 Å². The number of hydrogen-bond donors (Lipinski definition) is 1. The quantitative estimate of drug-likeness (QED) is 0.234. The number of benzene rings is 2. The molecule has 0 bridgehead atoms. The van der Waals surface area contributed by atoms with E-state index >= 15 is 0 Å². The molecule has 0 atom stereocenters. The number of fused-ring (bicyclic) bond motifs is 1. The largest absolute Gasteiger partial charge is 0.493 e. The van der Waals surface area contributed by atoms with Crippen LogP contribution in [0.15, 0.2) is 61.2 Å². The fourth-order valence-corrected chi connectivity index (χ4v) is 4.07. The average molecular weight is 448 g/mol. The first kappa shape index (κ1) is 24.6. The van der Waals surface area contributed by atoms with Gasteiger partial charge in [-0.2, -0.15) is 0 Å². The molecule has 5 nitrogen and oxygen atoms in total. The Labute approximate surface area is 197 Å². The minimum atomic E-state index is 0.161. The standard InChI is InChI=1S/C28H37N3O2/c1-3-13-23-15-7-10-18-26(23)33-22-12-21-31-25-17-9-8-16-24(25)30-27(31)19-6-5-11-20-29-28(32)14-4-2/h3,7-10,15-18H,1,4-6,11-14,19-22H2,2H3,(H,29,32). The van der Waals surface area contributed by atoms with Crippen LogP contribution in [0.1, 0.15) is 56.8 Å². The normalized spacial score (nSPS) is 10.9. The summed E-state index contributed by atoms with van der Waals surface area (Å²) < 4.78 is 8.43. The highest BCUT2D eigenvalue weighted by molar-refractivity contribution is 5.76. The van der Waals surface area contributed by atoms with Gasteiger partial charge in [0.1, 0.15) is 11.6 Å². The van der Waals surface area contributed by atoms with E-state index in [0.717, 1.165) is 75.1 Å². The zero-order valence-corrected chi connectivity index (χ0v) is 19.9. The molecule has 33 heavy (non-hydrogen) atoms. The summed E-state index contributed by atoms with van der Waals surface area (Å²) in [6.45, 7) is 8.17. The molecule has 1 aromatic heterocycles. The fourth-order valence-electron chi connectivity index (χ4n) is 4.07. The lowest BCUT2D eigenvalue weighted by atomic mass is 10.1. The second-order valence-corrected chi connectivity index (χ2v) is 8.38. The van der Waals surface area contributed by atoms with Crippen molar-refractivity contribution in [3.05, 3.63) is 72.6 Å². The number of nitrogens with one attached hydrogen (secondary N) is 1. The highest BCUT2D eigenvalue weighted by Gasteiger charge is 2.10. The summed E-state index contributed by atoms with van der Waals surface area (Å²) in [4.78, 5) is 16.5. The van der Waals surface area contributed by atoms with Gasteiger partial charge in [0.15, 0.2) is 0 Å². The van der Waals surface area contributed by atoms with Gasteiger partial charge in [0.25, 0.3) is 0 Å². The first-order valence-corrected chi connectivity index (χ1v) is 12.3. The summed E-state index contributed by atoms with van der Waals surface area (Å²) >= 11 is 0. The van der Waals surface area contributed by atoms with Crippen LogP contribution >= 0.6 is 0 Å². The van der Waals surface area contributed by atoms with Crippen molar-refractivity contribution in [1.82, 2.24) is 14.9 Å². The lowest BCUT2D eigenvalue weighted by Crippen LogP contribution is -2.23. The van der Waals surface area contributed by atoms with Crippen LogP contribution in [0.4, 0.5) is 0 Å². The SMILES string of the molecule is C=CCc1ccccc1OCCCn1c(CCCCCNC(=O)CCC)nc2ccccc21. The van der Waals surface area contributed by atoms with E-state index in [1.165, 1.54) is 11.1 Å². The van der Waals surface area contributed by atoms with Crippen LogP contribution in [-0.2, 0) is 24.2 Å². The molecule has 0 radical (unpaired) electrons. The molecule has 0 spiro atoms. The average Bonchev–Trinajstić information content (AvgIpc) is 3.17. The number of carbonyl (C=O) groups is 1. The Bertz CT molecular complexity index is 1020. The number of amides is 1. The number of ether oxygens (including phenoxy) is 1. The molecule has 0 aliphatic carbocycles. The van der Waals surface area contributed by atoms with Gasteiger partial charge in [-0.05, 0) is 55.9 Å². The van der Waals surface area contributed by atoms with E-state index in [1.807, 2.05) is 37.3 Å². The van der Waals surface area contributed by atoms with Crippen LogP contribution in [-0.4, -0.2) is 28.6 Å². The summed E-state index contributed by atoms with van der Waals surface area (Å²) in [5, 5.41) is 3.00. The van der Waals surface area contributed by atoms with E-state index in [9.17, 15) is 4.79 Å². The van der Waals surface area contributed by atoms with Gasteiger partial charge >= 0.3 is 0 Å². The van der Waals surface area contributed by atoms with Crippen LogP contribution in [0.3, 0.4) is 0 Å². The van der Waals surface area contributed by atoms with E-state index in [2.05, 4.69) is 40.7 Å². The van der Waals surface area contributed by atoms with Crippen molar-refractivity contribution in [2.45, 2.75) is 64.8 Å². The Morgan fingerprint density at radius 2 is 1.91 bits per heavy atom. The van der Waals surface area contributed by atoms with Crippen molar-refractivity contribution in [2.75, 3.05) is 13.2 Å². The Morgan fingerprint density at radius 1 is 1.09 bits per heavy atom. The van der Waals surface area contributed by atoms with E-state index < -0.39 is 0 Å². The van der Waals surface area contributed by atoms with Crippen molar-refractivity contribution in [3.63, 3.8) is 0 Å². The molecule has 0 fully saturated rings. The Hall–Kier alpha value is -3.08. The third-order valence-corrected chi connectivity index (χ3v) is 5.73. The molecule has 0 aliphatic heterocycles. The lowest BCUT2D eigenvalue weighted by molar-refractivity contribution is -0.121. The Morgan fingerprint density at radius 3 is 2.76 bits per heavy atom. The molecule has 0 saturated carbocycles. The molecule has 0 unspecified atom stereocenters. The number of unbranched alkanes of at least 4 members (excludes halogenated alkanes) is 2. The van der Waals surface area contributed by atoms with Crippen molar-refractivity contribution in [1.29, 1.82) is 0 Å². The molecule has 0 saturated heterocycles. The molecular formula is C28H37N3O2. The summed E-state index contributed by atoms with van der Waals surface area (Å²) in [5.74, 6) is 2.24. The minimum Gasteiger partial charge on any atom is -0.493 e. The van der Waals surface area contributed by atoms with E-state index in [0.29, 0.717) is 13.0 Å². The van der Waals surface area contributed by atoms with Crippen molar-refractivity contribution < 1.29 is 9.53 Å². The van der Waals surface area contributed by atoms with Gasteiger partial charge in [0.05, 0.1) is 17.6 Å². The predicted octanol–water partition coefficient (Wildman–Crippen LogP) is 5.86. The topological polar surface area (TPSA) is 56.1 Å². The van der Waals surface area contributed by atoms with Crippen LogP contribution in [0.5, 0.6) is 5.75 Å². The summed E-state index contributed by atoms with van der Waals surface area (Å²) in [5.41, 5.74) is 3.41. The minimum absolute atomic E-state index is 0.161. The number of aryl methyl sites for hydroxylation is 2. The summed E-state index contributed by atoms with van der Waals surface area (Å²) in [6, 6.07) is 16.5. The number of rotatable bonds is 15. The number of carbonyl (C=O) groups excluding carboxylic acids is 1. The van der Waals surface area contributed by atoms with Gasteiger partial charge in [-0.1, -0.05) is 49.8 Å². The molecule has 3 aromatic rings. The maximum atomic E-state index is 11.6. The number of hydrogen-bond acceptors (Lipinski definition) is 3. The summed E-state index contributed by atoms with van der Waals surface area (Å²) in [7, 11) is 0. The second kappa shape index (κ2) is 13.5. The molecule has 3 rings (SSSR count). The maximum Gasteiger partial charge on any atom is 0.219 e. The molecule has 176 valence electrons. The lowest BCUT2D eigenvalue weighted by Gasteiger charge is -2.12. The zero-order valence-electron chi connectivity index (χ0n) is 19.9. The molecule has 5 heteroatoms. The highest BCUT2D eigenvalue weighted by atomic mass is 16.5. The number of aromatic nitrogens is 2. The van der Waals surface area contributed by atoms with Crippen molar-refractivity contribution in [2.24, 2.45) is 0 Å². The van der Waals surface area contributed by atoms with Crippen molar-refractivity contribution in [3.8, 4) is 5.75 Å². The van der Waals surface area contributed by atoms with E-state index in [1.54, 1.807) is 0 Å². The molecule has 1 N–H and O–H groups in total. The van der Waals surface area contributed by atoms with Gasteiger partial charge in [-0.3, -0.25) is 4.79 Å².